The van der Waals surface area contributed by atoms with Gasteiger partial charge in [0.2, 0.25) is 5.95 Å². The second kappa shape index (κ2) is 5.68. The Bertz CT molecular complexity index is 892. The predicted molar refractivity (Wildman–Crippen MR) is 87.3 cm³/mol. The van der Waals surface area contributed by atoms with Crippen LogP contribution in [0.3, 0.4) is 0 Å². The Hall–Kier alpha value is -2.81. The Morgan fingerprint density at radius 3 is 3.00 bits per heavy atom. The van der Waals surface area contributed by atoms with E-state index in [4.69, 9.17) is 11.5 Å². The number of nitrogens with two attached hydrogens (primary N) is 2. The third kappa shape index (κ3) is 2.62. The molecule has 124 valence electrons. The zero-order valence-corrected chi connectivity index (χ0v) is 12.9. The van der Waals surface area contributed by atoms with Gasteiger partial charge in [-0.2, -0.15) is 9.97 Å². The molecule has 0 spiro atoms. The van der Waals surface area contributed by atoms with Crippen LogP contribution in [-0.2, 0) is 6.54 Å². The standard InChI is InChI=1S/C15H17FN8/c16-10-5-19-3-1-8(10)6-24-4-2-9(7-24)13-20-11-12(17)21-15(18)23-14(11)22-13/h1,3,5,9H,2,4,6-7H2,(H5,17,18,20,21,22,23). The number of aromatic amines is 1. The lowest BCUT2D eigenvalue weighted by molar-refractivity contribution is 0.320. The lowest BCUT2D eigenvalue weighted by atomic mass is 10.1. The molecule has 0 aromatic carbocycles. The van der Waals surface area contributed by atoms with Gasteiger partial charge >= 0.3 is 0 Å². The molecule has 1 fully saturated rings. The molecule has 3 aromatic rings. The molecule has 0 bridgehead atoms. The van der Waals surface area contributed by atoms with E-state index < -0.39 is 0 Å². The van der Waals surface area contributed by atoms with E-state index >= 15 is 0 Å². The third-order valence-corrected chi connectivity index (χ3v) is 4.32. The first kappa shape index (κ1) is 14.8. The summed E-state index contributed by atoms with van der Waals surface area (Å²) in [5, 5.41) is 0. The van der Waals surface area contributed by atoms with Gasteiger partial charge in [0, 0.05) is 30.8 Å². The maximum atomic E-state index is 13.7. The minimum absolute atomic E-state index is 0.110. The van der Waals surface area contributed by atoms with Crippen LogP contribution in [0.1, 0.15) is 23.7 Å². The molecule has 0 aliphatic carbocycles. The zero-order valence-electron chi connectivity index (χ0n) is 12.9. The van der Waals surface area contributed by atoms with Crippen LogP contribution in [0.15, 0.2) is 18.5 Å². The Kier molecular flexibility index (Phi) is 3.49. The van der Waals surface area contributed by atoms with Crippen molar-refractivity contribution in [1.29, 1.82) is 0 Å². The summed E-state index contributed by atoms with van der Waals surface area (Å²) in [4.78, 5) is 21.7. The van der Waals surface area contributed by atoms with Crippen molar-refractivity contribution in [1.82, 2.24) is 29.8 Å². The van der Waals surface area contributed by atoms with Crippen molar-refractivity contribution in [2.24, 2.45) is 0 Å². The fraction of sp³-hybridized carbons (Fsp3) is 0.333. The third-order valence-electron chi connectivity index (χ3n) is 4.32. The summed E-state index contributed by atoms with van der Waals surface area (Å²) >= 11 is 0. The average Bonchev–Trinajstić information content (AvgIpc) is 3.16. The highest BCUT2D eigenvalue weighted by Crippen LogP contribution is 2.28. The highest BCUT2D eigenvalue weighted by Gasteiger charge is 2.27. The van der Waals surface area contributed by atoms with Crippen molar-refractivity contribution >= 4 is 22.9 Å². The van der Waals surface area contributed by atoms with Crippen LogP contribution < -0.4 is 11.5 Å². The molecule has 1 saturated heterocycles. The van der Waals surface area contributed by atoms with Gasteiger partial charge < -0.3 is 16.5 Å². The van der Waals surface area contributed by atoms with Gasteiger partial charge in [0.05, 0.1) is 6.20 Å². The van der Waals surface area contributed by atoms with Gasteiger partial charge in [0.1, 0.15) is 17.2 Å². The second-order valence-corrected chi connectivity index (χ2v) is 5.98. The van der Waals surface area contributed by atoms with Crippen LogP contribution in [0, 0.1) is 5.82 Å². The monoisotopic (exact) mass is 328 g/mol. The second-order valence-electron chi connectivity index (χ2n) is 5.98. The van der Waals surface area contributed by atoms with E-state index in [0.29, 0.717) is 29.1 Å². The number of halogens is 1. The van der Waals surface area contributed by atoms with Crippen molar-refractivity contribution in [2.75, 3.05) is 24.6 Å². The number of nitrogens with one attached hydrogen (secondary N) is 1. The maximum absolute atomic E-state index is 13.7. The highest BCUT2D eigenvalue weighted by molar-refractivity contribution is 5.82. The lowest BCUT2D eigenvalue weighted by Gasteiger charge is -2.15. The van der Waals surface area contributed by atoms with Crippen LogP contribution in [-0.4, -0.2) is 42.9 Å². The SMILES string of the molecule is Nc1nc(N)c2[nH]c(C3CCN(Cc4ccncc4F)C3)nc2n1. The molecule has 0 amide bonds. The molecule has 1 aliphatic rings. The Labute approximate surface area is 137 Å². The number of H-pyrrole nitrogens is 1. The van der Waals surface area contributed by atoms with Crippen molar-refractivity contribution in [3.63, 3.8) is 0 Å². The number of likely N-dealkylation sites (tertiary alicyclic amines) is 1. The lowest BCUT2D eigenvalue weighted by Crippen LogP contribution is -2.20. The fourth-order valence-corrected chi connectivity index (χ4v) is 3.12. The van der Waals surface area contributed by atoms with E-state index in [0.717, 1.165) is 25.3 Å². The molecule has 1 aliphatic heterocycles. The van der Waals surface area contributed by atoms with Gasteiger partial charge in [-0.1, -0.05) is 0 Å². The quantitative estimate of drug-likeness (QED) is 0.656. The topological polar surface area (TPSA) is 123 Å². The van der Waals surface area contributed by atoms with E-state index in [1.165, 1.54) is 6.20 Å². The number of nitrogen functional groups attached to an aromatic ring is 2. The van der Waals surface area contributed by atoms with E-state index in [1.807, 2.05) is 0 Å². The maximum Gasteiger partial charge on any atom is 0.224 e. The van der Waals surface area contributed by atoms with Crippen LogP contribution >= 0.6 is 0 Å². The highest BCUT2D eigenvalue weighted by atomic mass is 19.1. The number of hydrogen-bond donors (Lipinski definition) is 3. The number of aromatic nitrogens is 5. The van der Waals surface area contributed by atoms with E-state index in [9.17, 15) is 4.39 Å². The van der Waals surface area contributed by atoms with E-state index in [2.05, 4.69) is 29.8 Å². The first-order chi connectivity index (χ1) is 11.6. The summed E-state index contributed by atoms with van der Waals surface area (Å²) in [5.74, 6) is 1.16. The summed E-state index contributed by atoms with van der Waals surface area (Å²) < 4.78 is 13.7. The normalized spacial score (nSPS) is 18.5. The van der Waals surface area contributed by atoms with Gasteiger partial charge in [0.25, 0.3) is 0 Å². The van der Waals surface area contributed by atoms with E-state index in [-0.39, 0.29) is 17.7 Å². The minimum Gasteiger partial charge on any atom is -0.382 e. The van der Waals surface area contributed by atoms with Crippen molar-refractivity contribution in [3.05, 3.63) is 35.7 Å². The molecule has 24 heavy (non-hydrogen) atoms. The summed E-state index contributed by atoms with van der Waals surface area (Å²) in [7, 11) is 0. The zero-order chi connectivity index (χ0) is 16.7. The van der Waals surface area contributed by atoms with Crippen LogP contribution in [0.2, 0.25) is 0 Å². The molecule has 9 heteroatoms. The largest absolute Gasteiger partial charge is 0.382 e. The van der Waals surface area contributed by atoms with Gasteiger partial charge in [-0.15, -0.1) is 0 Å². The molecule has 1 atom stereocenters. The fourth-order valence-electron chi connectivity index (χ4n) is 3.12. The van der Waals surface area contributed by atoms with E-state index in [1.54, 1.807) is 12.3 Å². The Morgan fingerprint density at radius 1 is 1.29 bits per heavy atom. The molecule has 8 nitrogen and oxygen atoms in total. The number of hydrogen-bond acceptors (Lipinski definition) is 7. The van der Waals surface area contributed by atoms with Crippen LogP contribution in [0.4, 0.5) is 16.2 Å². The molecule has 0 saturated carbocycles. The van der Waals surface area contributed by atoms with Gasteiger partial charge in [-0.3, -0.25) is 9.88 Å². The number of fused-ring (bicyclic) bond motifs is 1. The Balaban J connectivity index is 1.53. The van der Waals surface area contributed by atoms with Crippen LogP contribution in [0.25, 0.3) is 11.2 Å². The molecule has 4 rings (SSSR count). The summed E-state index contributed by atoms with van der Waals surface area (Å²) in [6.07, 6.45) is 3.78. The molecule has 5 N–H and O–H groups in total. The minimum atomic E-state index is -0.275. The summed E-state index contributed by atoms with van der Waals surface area (Å²) in [6.45, 7) is 2.21. The summed E-state index contributed by atoms with van der Waals surface area (Å²) in [5.41, 5.74) is 13.2. The number of rotatable bonds is 3. The number of pyridine rings is 1. The first-order valence-corrected chi connectivity index (χ1v) is 7.69. The van der Waals surface area contributed by atoms with Gasteiger partial charge in [-0.25, -0.2) is 9.37 Å². The van der Waals surface area contributed by atoms with Crippen molar-refractivity contribution in [3.8, 4) is 0 Å². The smallest absolute Gasteiger partial charge is 0.224 e. The van der Waals surface area contributed by atoms with Crippen molar-refractivity contribution < 1.29 is 4.39 Å². The Morgan fingerprint density at radius 2 is 2.17 bits per heavy atom. The number of nitrogens with zero attached hydrogens (tertiary/aromatic N) is 5. The molecule has 1 unspecified atom stereocenters. The first-order valence-electron chi connectivity index (χ1n) is 7.69. The van der Waals surface area contributed by atoms with Crippen molar-refractivity contribution in [2.45, 2.75) is 18.9 Å². The molecular formula is C15H17FN8. The average molecular weight is 328 g/mol. The molecular weight excluding hydrogens is 311 g/mol. The number of anilines is 2. The molecule has 4 heterocycles. The van der Waals surface area contributed by atoms with Gasteiger partial charge in [0.15, 0.2) is 11.5 Å². The molecule has 0 radical (unpaired) electrons. The van der Waals surface area contributed by atoms with Crippen LogP contribution in [0.5, 0.6) is 0 Å². The predicted octanol–water partition coefficient (Wildman–Crippen LogP) is 1.04. The summed E-state index contributed by atoms with van der Waals surface area (Å²) in [6, 6.07) is 1.71. The van der Waals surface area contributed by atoms with Gasteiger partial charge in [-0.05, 0) is 19.0 Å². The molecule has 3 aromatic heterocycles. The number of imidazole rings is 1.